The lowest BCUT2D eigenvalue weighted by atomic mass is 10.1. The third-order valence-electron chi connectivity index (χ3n) is 2.48. The van der Waals surface area contributed by atoms with Crippen LogP contribution in [-0.4, -0.2) is 38.1 Å². The van der Waals surface area contributed by atoms with E-state index in [1.807, 2.05) is 0 Å². The minimum Gasteiger partial charge on any atom is -0.469 e. The zero-order valence-electron chi connectivity index (χ0n) is 9.04. The van der Waals surface area contributed by atoms with Gasteiger partial charge in [0, 0.05) is 25.4 Å². The molecule has 1 saturated heterocycles. The van der Waals surface area contributed by atoms with Crippen LogP contribution in [0.4, 0.5) is 0 Å². The van der Waals surface area contributed by atoms with Crippen LogP contribution >= 0.6 is 0 Å². The molecule has 0 radical (unpaired) electrons. The third-order valence-corrected chi connectivity index (χ3v) is 2.48. The standard InChI is InChI=1S/C10H18N2O3/c1-15-10(14)3-2-6-11-8-4-5-9(13)12-7-8/h8,11H,2-7H2,1H3,(H,12,13). The summed E-state index contributed by atoms with van der Waals surface area (Å²) in [6.45, 7) is 1.48. The number of hydrogen-bond acceptors (Lipinski definition) is 4. The van der Waals surface area contributed by atoms with Crippen LogP contribution < -0.4 is 10.6 Å². The van der Waals surface area contributed by atoms with Gasteiger partial charge in [0.15, 0.2) is 0 Å². The van der Waals surface area contributed by atoms with Gasteiger partial charge in [0.2, 0.25) is 5.91 Å². The first-order valence-electron chi connectivity index (χ1n) is 5.29. The number of rotatable bonds is 5. The Morgan fingerprint density at radius 3 is 3.07 bits per heavy atom. The van der Waals surface area contributed by atoms with E-state index in [0.717, 1.165) is 19.4 Å². The van der Waals surface area contributed by atoms with Crippen LogP contribution in [0.5, 0.6) is 0 Å². The van der Waals surface area contributed by atoms with Crippen molar-refractivity contribution in [1.82, 2.24) is 10.6 Å². The Bertz CT molecular complexity index is 221. The molecule has 15 heavy (non-hydrogen) atoms. The zero-order valence-corrected chi connectivity index (χ0v) is 9.04. The Kier molecular flexibility index (Phi) is 5.10. The average molecular weight is 214 g/mol. The van der Waals surface area contributed by atoms with Crippen molar-refractivity contribution in [3.8, 4) is 0 Å². The van der Waals surface area contributed by atoms with Gasteiger partial charge >= 0.3 is 5.97 Å². The van der Waals surface area contributed by atoms with Crippen molar-refractivity contribution >= 4 is 11.9 Å². The van der Waals surface area contributed by atoms with Crippen molar-refractivity contribution < 1.29 is 14.3 Å². The molecule has 1 unspecified atom stereocenters. The van der Waals surface area contributed by atoms with E-state index in [1.165, 1.54) is 7.11 Å². The highest BCUT2D eigenvalue weighted by Crippen LogP contribution is 2.02. The molecule has 1 aliphatic rings. The largest absolute Gasteiger partial charge is 0.469 e. The highest BCUT2D eigenvalue weighted by atomic mass is 16.5. The van der Waals surface area contributed by atoms with Gasteiger partial charge in [0.05, 0.1) is 7.11 Å². The SMILES string of the molecule is COC(=O)CCCNC1CCC(=O)NC1. The van der Waals surface area contributed by atoms with Gasteiger partial charge in [-0.1, -0.05) is 0 Å². The Balaban J connectivity index is 2.00. The molecule has 0 bridgehead atoms. The van der Waals surface area contributed by atoms with Crippen LogP contribution in [-0.2, 0) is 14.3 Å². The van der Waals surface area contributed by atoms with E-state index in [1.54, 1.807) is 0 Å². The summed E-state index contributed by atoms with van der Waals surface area (Å²) in [7, 11) is 1.40. The monoisotopic (exact) mass is 214 g/mol. The summed E-state index contributed by atoms with van der Waals surface area (Å²) in [5, 5.41) is 6.10. The fraction of sp³-hybridized carbons (Fsp3) is 0.800. The van der Waals surface area contributed by atoms with E-state index in [2.05, 4.69) is 15.4 Å². The van der Waals surface area contributed by atoms with Gasteiger partial charge in [-0.25, -0.2) is 0 Å². The van der Waals surface area contributed by atoms with E-state index in [4.69, 9.17) is 0 Å². The summed E-state index contributed by atoms with van der Waals surface area (Å²) in [5.41, 5.74) is 0. The number of hydrogen-bond donors (Lipinski definition) is 2. The van der Waals surface area contributed by atoms with Gasteiger partial charge in [-0.05, 0) is 19.4 Å². The van der Waals surface area contributed by atoms with Crippen LogP contribution in [0.3, 0.4) is 0 Å². The molecule has 0 aromatic carbocycles. The molecular formula is C10H18N2O3. The fourth-order valence-corrected chi connectivity index (χ4v) is 1.55. The second-order valence-corrected chi connectivity index (χ2v) is 3.67. The average Bonchev–Trinajstić information content (AvgIpc) is 2.26. The molecule has 1 aliphatic heterocycles. The molecule has 1 atom stereocenters. The first-order valence-corrected chi connectivity index (χ1v) is 5.29. The van der Waals surface area contributed by atoms with Gasteiger partial charge in [0.25, 0.3) is 0 Å². The van der Waals surface area contributed by atoms with Crippen molar-refractivity contribution in [3.05, 3.63) is 0 Å². The molecule has 5 heteroatoms. The topological polar surface area (TPSA) is 67.4 Å². The summed E-state index contributed by atoms with van der Waals surface area (Å²) < 4.78 is 4.53. The smallest absolute Gasteiger partial charge is 0.305 e. The second kappa shape index (κ2) is 6.40. The normalized spacial score (nSPS) is 20.9. The number of amides is 1. The Morgan fingerprint density at radius 1 is 1.67 bits per heavy atom. The van der Waals surface area contributed by atoms with Gasteiger partial charge in [-0.2, -0.15) is 0 Å². The fourth-order valence-electron chi connectivity index (χ4n) is 1.55. The number of piperidine rings is 1. The first kappa shape index (κ1) is 12.0. The van der Waals surface area contributed by atoms with Crippen LogP contribution in [0.25, 0.3) is 0 Å². The van der Waals surface area contributed by atoms with Crippen molar-refractivity contribution in [3.63, 3.8) is 0 Å². The van der Waals surface area contributed by atoms with Crippen molar-refractivity contribution in [2.24, 2.45) is 0 Å². The summed E-state index contributed by atoms with van der Waals surface area (Å²) in [5.74, 6) is -0.0450. The van der Waals surface area contributed by atoms with Crippen molar-refractivity contribution in [2.75, 3.05) is 20.2 Å². The van der Waals surface area contributed by atoms with E-state index >= 15 is 0 Å². The molecule has 1 heterocycles. The highest BCUT2D eigenvalue weighted by molar-refractivity contribution is 5.76. The first-order chi connectivity index (χ1) is 7.22. The molecule has 0 saturated carbocycles. The predicted molar refractivity (Wildman–Crippen MR) is 55.3 cm³/mol. The maximum absolute atomic E-state index is 10.9. The number of nitrogens with one attached hydrogen (secondary N) is 2. The number of methoxy groups -OCH3 is 1. The second-order valence-electron chi connectivity index (χ2n) is 3.67. The molecular weight excluding hydrogens is 196 g/mol. The van der Waals surface area contributed by atoms with Crippen LogP contribution in [0, 0.1) is 0 Å². The Hall–Kier alpha value is -1.10. The minimum atomic E-state index is -0.172. The number of carbonyl (C=O) groups is 2. The Morgan fingerprint density at radius 2 is 2.47 bits per heavy atom. The number of esters is 1. The van der Waals surface area contributed by atoms with Gasteiger partial charge in [-0.15, -0.1) is 0 Å². The summed E-state index contributed by atoms with van der Waals surface area (Å²) in [6, 6.07) is 0.348. The molecule has 0 spiro atoms. The summed E-state index contributed by atoms with van der Waals surface area (Å²) in [4.78, 5) is 21.7. The van der Waals surface area contributed by atoms with Gasteiger partial charge in [0.1, 0.15) is 0 Å². The van der Waals surface area contributed by atoms with E-state index in [9.17, 15) is 9.59 Å². The van der Waals surface area contributed by atoms with E-state index in [0.29, 0.717) is 25.4 Å². The maximum atomic E-state index is 10.9. The minimum absolute atomic E-state index is 0.127. The molecule has 0 aromatic rings. The third kappa shape index (κ3) is 4.78. The van der Waals surface area contributed by atoms with Crippen molar-refractivity contribution in [2.45, 2.75) is 31.7 Å². The lowest BCUT2D eigenvalue weighted by molar-refractivity contribution is -0.140. The lowest BCUT2D eigenvalue weighted by Crippen LogP contribution is -2.45. The van der Waals surface area contributed by atoms with Crippen LogP contribution in [0.15, 0.2) is 0 Å². The number of ether oxygens (including phenoxy) is 1. The highest BCUT2D eigenvalue weighted by Gasteiger charge is 2.16. The molecule has 0 aromatic heterocycles. The molecule has 2 N–H and O–H groups in total. The molecule has 5 nitrogen and oxygen atoms in total. The van der Waals surface area contributed by atoms with Crippen LogP contribution in [0.2, 0.25) is 0 Å². The van der Waals surface area contributed by atoms with E-state index in [-0.39, 0.29) is 11.9 Å². The van der Waals surface area contributed by atoms with Gasteiger partial charge in [-0.3, -0.25) is 9.59 Å². The lowest BCUT2D eigenvalue weighted by Gasteiger charge is -2.23. The van der Waals surface area contributed by atoms with Crippen molar-refractivity contribution in [1.29, 1.82) is 0 Å². The molecule has 0 aliphatic carbocycles. The maximum Gasteiger partial charge on any atom is 0.305 e. The summed E-state index contributed by atoms with van der Waals surface area (Å²) in [6.07, 6.45) is 2.69. The molecule has 86 valence electrons. The molecule has 1 amide bonds. The van der Waals surface area contributed by atoms with E-state index < -0.39 is 0 Å². The van der Waals surface area contributed by atoms with Gasteiger partial charge < -0.3 is 15.4 Å². The number of carbonyl (C=O) groups excluding carboxylic acids is 2. The molecule has 1 rings (SSSR count). The predicted octanol–water partition coefficient (Wildman–Crippen LogP) is -0.192. The van der Waals surface area contributed by atoms with Crippen LogP contribution in [0.1, 0.15) is 25.7 Å². The summed E-state index contributed by atoms with van der Waals surface area (Å²) >= 11 is 0. The molecule has 1 fully saturated rings. The quantitative estimate of drug-likeness (QED) is 0.491. The Labute approximate surface area is 89.6 Å². The zero-order chi connectivity index (χ0) is 11.1.